The van der Waals surface area contributed by atoms with E-state index in [2.05, 4.69) is 55.6 Å². The van der Waals surface area contributed by atoms with Crippen LogP contribution < -0.4 is 20.5 Å². The van der Waals surface area contributed by atoms with Gasteiger partial charge in [0.2, 0.25) is 5.88 Å². The molecule has 1 aliphatic carbocycles. The molecule has 4 unspecified atom stereocenters. The maximum absolute atomic E-state index is 5.88. The van der Waals surface area contributed by atoms with Crippen LogP contribution in [0.5, 0.6) is 5.88 Å². The second-order valence-corrected chi connectivity index (χ2v) is 9.00. The molecule has 3 aliphatic rings. The lowest BCUT2D eigenvalue weighted by Crippen LogP contribution is -2.46. The molecule has 2 N–H and O–H groups in total. The van der Waals surface area contributed by atoms with Gasteiger partial charge in [-0.05, 0) is 39.0 Å². The van der Waals surface area contributed by atoms with E-state index in [-0.39, 0.29) is 18.2 Å². The number of hydrogen-bond acceptors (Lipinski definition) is 9. The quantitative estimate of drug-likeness (QED) is 0.762. The summed E-state index contributed by atoms with van der Waals surface area (Å²) in [7, 11) is 1.63. The number of methoxy groups -OCH3 is 1. The predicted octanol–water partition coefficient (Wildman–Crippen LogP) is 1.99. The standard InChI is InChI=1S/C22H31N7O2/c1-13-10-29(11-14(2)31-13)20-7-18(24-12-25-20)22-16-6-15(4-5-17(16)27-28-22)19-8-23-9-21(26-19)30-3/h7-9,12-17,22,27-28H,4-6,10-11H2,1-3H3/t13-,14+,15?,16?,17?,22?. The summed E-state index contributed by atoms with van der Waals surface area (Å²) in [5.41, 5.74) is 9.08. The first-order valence-corrected chi connectivity index (χ1v) is 11.2. The lowest BCUT2D eigenvalue weighted by molar-refractivity contribution is -0.00547. The molecule has 1 saturated carbocycles. The van der Waals surface area contributed by atoms with E-state index in [4.69, 9.17) is 9.47 Å². The first kappa shape index (κ1) is 20.5. The average Bonchev–Trinajstić information content (AvgIpc) is 3.22. The summed E-state index contributed by atoms with van der Waals surface area (Å²) in [6, 6.07) is 2.72. The summed E-state index contributed by atoms with van der Waals surface area (Å²) >= 11 is 0. The van der Waals surface area contributed by atoms with Crippen molar-refractivity contribution in [2.75, 3.05) is 25.1 Å². The Morgan fingerprint density at radius 2 is 1.90 bits per heavy atom. The van der Waals surface area contributed by atoms with Crippen molar-refractivity contribution < 1.29 is 9.47 Å². The monoisotopic (exact) mass is 425 g/mol. The molecule has 3 fully saturated rings. The van der Waals surface area contributed by atoms with E-state index >= 15 is 0 Å². The van der Waals surface area contributed by atoms with Crippen molar-refractivity contribution >= 4 is 5.82 Å². The van der Waals surface area contributed by atoms with E-state index in [0.717, 1.165) is 49.6 Å². The zero-order valence-corrected chi connectivity index (χ0v) is 18.4. The van der Waals surface area contributed by atoms with Crippen molar-refractivity contribution in [3.05, 3.63) is 36.2 Å². The minimum Gasteiger partial charge on any atom is -0.480 e. The van der Waals surface area contributed by atoms with Crippen molar-refractivity contribution in [2.45, 2.75) is 63.3 Å². The highest BCUT2D eigenvalue weighted by Crippen LogP contribution is 2.43. The Bertz CT molecular complexity index is 903. The number of morpholine rings is 1. The van der Waals surface area contributed by atoms with Crippen LogP contribution in [-0.2, 0) is 4.74 Å². The van der Waals surface area contributed by atoms with E-state index in [0.29, 0.717) is 23.8 Å². The van der Waals surface area contributed by atoms with E-state index in [1.165, 1.54) is 0 Å². The van der Waals surface area contributed by atoms with Gasteiger partial charge < -0.3 is 14.4 Å². The van der Waals surface area contributed by atoms with Gasteiger partial charge in [-0.2, -0.15) is 0 Å². The normalized spacial score (nSPS) is 33.2. The number of ether oxygens (including phenoxy) is 2. The number of nitrogens with zero attached hydrogens (tertiary/aromatic N) is 5. The second-order valence-electron chi connectivity index (χ2n) is 9.00. The fourth-order valence-electron chi connectivity index (χ4n) is 5.35. The fraction of sp³-hybridized carbons (Fsp3) is 0.636. The molecule has 0 aromatic carbocycles. The number of nitrogens with one attached hydrogen (secondary N) is 2. The zero-order valence-electron chi connectivity index (χ0n) is 18.4. The Hall–Kier alpha value is -2.36. The number of hydrogen-bond donors (Lipinski definition) is 2. The Labute approximate surface area is 183 Å². The van der Waals surface area contributed by atoms with Crippen LogP contribution in [-0.4, -0.2) is 58.4 Å². The van der Waals surface area contributed by atoms with Crippen molar-refractivity contribution in [1.29, 1.82) is 0 Å². The van der Waals surface area contributed by atoms with Crippen molar-refractivity contribution in [1.82, 2.24) is 30.8 Å². The van der Waals surface area contributed by atoms with Crippen molar-refractivity contribution in [2.24, 2.45) is 5.92 Å². The predicted molar refractivity (Wildman–Crippen MR) is 116 cm³/mol. The molecule has 0 radical (unpaired) electrons. The topological polar surface area (TPSA) is 97.3 Å². The zero-order chi connectivity index (χ0) is 21.4. The van der Waals surface area contributed by atoms with Gasteiger partial charge in [0.25, 0.3) is 0 Å². The molecule has 2 aromatic rings. The molecule has 4 heterocycles. The van der Waals surface area contributed by atoms with E-state index in [1.807, 2.05) is 6.20 Å². The van der Waals surface area contributed by atoms with Crippen LogP contribution in [0.25, 0.3) is 0 Å². The summed E-state index contributed by atoms with van der Waals surface area (Å²) in [5, 5.41) is 0. The Morgan fingerprint density at radius 3 is 2.71 bits per heavy atom. The lowest BCUT2D eigenvalue weighted by Gasteiger charge is -2.36. The van der Waals surface area contributed by atoms with E-state index in [1.54, 1.807) is 19.6 Å². The van der Waals surface area contributed by atoms with Gasteiger partial charge in [0.05, 0.1) is 42.9 Å². The van der Waals surface area contributed by atoms with Gasteiger partial charge in [0.1, 0.15) is 12.1 Å². The SMILES string of the molecule is COc1cncc(C2CCC3NNC(c4cc(N5C[C@@H](C)O[C@@H](C)C5)ncn4)C3C2)n1. The molecular formula is C22H31N7O2. The van der Waals surface area contributed by atoms with Gasteiger partial charge in [-0.1, -0.05) is 0 Å². The molecule has 6 atom stereocenters. The van der Waals surface area contributed by atoms with Crippen LogP contribution in [0.4, 0.5) is 5.82 Å². The number of hydrazine groups is 1. The molecule has 0 amide bonds. The van der Waals surface area contributed by atoms with Gasteiger partial charge in [0, 0.05) is 37.3 Å². The molecule has 5 rings (SSSR count). The van der Waals surface area contributed by atoms with Crippen LogP contribution in [0.3, 0.4) is 0 Å². The van der Waals surface area contributed by atoms with Crippen LogP contribution in [0, 0.1) is 5.92 Å². The Balaban J connectivity index is 1.35. The summed E-state index contributed by atoms with van der Waals surface area (Å²) < 4.78 is 11.2. The van der Waals surface area contributed by atoms with Gasteiger partial charge in [-0.15, -0.1) is 0 Å². The molecule has 2 aliphatic heterocycles. The highest BCUT2D eigenvalue weighted by Gasteiger charge is 2.42. The van der Waals surface area contributed by atoms with Crippen LogP contribution in [0.2, 0.25) is 0 Å². The molecule has 9 nitrogen and oxygen atoms in total. The summed E-state index contributed by atoms with van der Waals surface area (Å²) in [4.78, 5) is 20.5. The smallest absolute Gasteiger partial charge is 0.232 e. The molecule has 0 bridgehead atoms. The second kappa shape index (κ2) is 8.64. The molecule has 31 heavy (non-hydrogen) atoms. The first-order chi connectivity index (χ1) is 15.1. The van der Waals surface area contributed by atoms with E-state index < -0.39 is 0 Å². The van der Waals surface area contributed by atoms with Gasteiger partial charge >= 0.3 is 0 Å². The molecule has 0 spiro atoms. The average molecular weight is 426 g/mol. The molecular weight excluding hydrogens is 394 g/mol. The third-order valence-corrected chi connectivity index (χ3v) is 6.75. The van der Waals surface area contributed by atoms with E-state index in [9.17, 15) is 0 Å². The first-order valence-electron chi connectivity index (χ1n) is 11.2. The van der Waals surface area contributed by atoms with Crippen molar-refractivity contribution in [3.63, 3.8) is 0 Å². The molecule has 2 aromatic heterocycles. The molecule has 166 valence electrons. The minimum atomic E-state index is 0.143. The highest BCUT2D eigenvalue weighted by molar-refractivity contribution is 5.41. The minimum absolute atomic E-state index is 0.143. The summed E-state index contributed by atoms with van der Waals surface area (Å²) in [6.07, 6.45) is 8.83. The Morgan fingerprint density at radius 1 is 1.06 bits per heavy atom. The van der Waals surface area contributed by atoms with Crippen LogP contribution in [0.15, 0.2) is 24.8 Å². The molecule has 2 saturated heterocycles. The van der Waals surface area contributed by atoms with Crippen LogP contribution in [0.1, 0.15) is 56.5 Å². The number of rotatable bonds is 4. The third-order valence-electron chi connectivity index (χ3n) is 6.75. The third kappa shape index (κ3) is 4.22. The highest BCUT2D eigenvalue weighted by atomic mass is 16.5. The maximum atomic E-state index is 5.88. The number of aromatic nitrogens is 4. The summed E-state index contributed by atoms with van der Waals surface area (Å²) in [5.74, 6) is 2.35. The number of fused-ring (bicyclic) bond motifs is 1. The number of anilines is 1. The largest absolute Gasteiger partial charge is 0.480 e. The van der Waals surface area contributed by atoms with Gasteiger partial charge in [0.15, 0.2) is 0 Å². The lowest BCUT2D eigenvalue weighted by atomic mass is 9.74. The Kier molecular flexibility index (Phi) is 5.73. The van der Waals surface area contributed by atoms with Gasteiger partial charge in [-0.25, -0.2) is 20.4 Å². The van der Waals surface area contributed by atoms with Gasteiger partial charge in [-0.3, -0.25) is 10.4 Å². The molecule has 9 heteroatoms. The maximum Gasteiger partial charge on any atom is 0.232 e. The van der Waals surface area contributed by atoms with Crippen LogP contribution >= 0.6 is 0 Å². The fourth-order valence-corrected chi connectivity index (χ4v) is 5.35. The summed E-state index contributed by atoms with van der Waals surface area (Å²) in [6.45, 7) is 5.92. The van der Waals surface area contributed by atoms with Crippen molar-refractivity contribution in [3.8, 4) is 5.88 Å².